The Labute approximate surface area is 112 Å². The number of nitrogens with zero attached hydrogens (tertiary/aromatic N) is 2. The molecule has 0 spiro atoms. The molecule has 0 saturated heterocycles. The Kier molecular flexibility index (Phi) is 2.80. The van der Waals surface area contributed by atoms with Crippen molar-refractivity contribution in [2.24, 2.45) is 0 Å². The number of para-hydroxylation sites is 1. The molecule has 19 heavy (non-hydrogen) atoms. The van der Waals surface area contributed by atoms with Crippen LogP contribution in [-0.4, -0.2) is 9.78 Å². The summed E-state index contributed by atoms with van der Waals surface area (Å²) in [5.74, 6) is 0. The summed E-state index contributed by atoms with van der Waals surface area (Å²) >= 11 is 0. The Balaban J connectivity index is 2.11. The zero-order valence-corrected chi connectivity index (χ0v) is 10.7. The largest absolute Gasteiger partial charge is 0.396 e. The molecule has 2 aromatic carbocycles. The molecule has 0 amide bonds. The van der Waals surface area contributed by atoms with E-state index in [4.69, 9.17) is 5.73 Å². The quantitative estimate of drug-likeness (QED) is 0.756. The SMILES string of the molecule is Cc1ccccc1-c1nn(-c2ccccc2)cc1N. The molecule has 0 aliphatic heterocycles. The number of hydrogen-bond donors (Lipinski definition) is 1. The summed E-state index contributed by atoms with van der Waals surface area (Å²) in [4.78, 5) is 0. The molecule has 3 heteroatoms. The van der Waals surface area contributed by atoms with Crippen molar-refractivity contribution in [2.45, 2.75) is 6.92 Å². The molecule has 0 unspecified atom stereocenters. The monoisotopic (exact) mass is 249 g/mol. The molecule has 3 rings (SSSR count). The molecule has 1 aromatic heterocycles. The van der Waals surface area contributed by atoms with Crippen LogP contribution in [0.1, 0.15) is 5.56 Å². The lowest BCUT2D eigenvalue weighted by molar-refractivity contribution is 0.884. The van der Waals surface area contributed by atoms with Gasteiger partial charge in [-0.1, -0.05) is 42.5 Å². The number of benzene rings is 2. The van der Waals surface area contributed by atoms with Crippen molar-refractivity contribution in [2.75, 3.05) is 5.73 Å². The van der Waals surface area contributed by atoms with Gasteiger partial charge in [0.2, 0.25) is 0 Å². The zero-order valence-electron chi connectivity index (χ0n) is 10.7. The van der Waals surface area contributed by atoms with Gasteiger partial charge in [-0.25, -0.2) is 4.68 Å². The van der Waals surface area contributed by atoms with E-state index in [1.54, 1.807) is 0 Å². The average molecular weight is 249 g/mol. The van der Waals surface area contributed by atoms with Crippen molar-refractivity contribution < 1.29 is 0 Å². The fourth-order valence-corrected chi connectivity index (χ4v) is 2.15. The molecule has 0 fully saturated rings. The van der Waals surface area contributed by atoms with Gasteiger partial charge in [-0.15, -0.1) is 0 Å². The van der Waals surface area contributed by atoms with Crippen LogP contribution in [0.4, 0.5) is 5.69 Å². The maximum Gasteiger partial charge on any atom is 0.116 e. The van der Waals surface area contributed by atoms with Crippen molar-refractivity contribution in [1.82, 2.24) is 9.78 Å². The smallest absolute Gasteiger partial charge is 0.116 e. The summed E-state index contributed by atoms with van der Waals surface area (Å²) in [5.41, 5.74) is 10.9. The van der Waals surface area contributed by atoms with Gasteiger partial charge in [0, 0.05) is 5.56 Å². The van der Waals surface area contributed by atoms with Crippen molar-refractivity contribution in [3.63, 3.8) is 0 Å². The van der Waals surface area contributed by atoms with E-state index in [-0.39, 0.29) is 0 Å². The molecule has 2 N–H and O–H groups in total. The Bertz CT molecular complexity index is 699. The lowest BCUT2D eigenvalue weighted by Gasteiger charge is -2.03. The molecular formula is C16H15N3. The second-order valence-electron chi connectivity index (χ2n) is 4.53. The number of nitrogen functional groups attached to an aromatic ring is 1. The van der Waals surface area contributed by atoms with Gasteiger partial charge >= 0.3 is 0 Å². The Hall–Kier alpha value is -2.55. The fourth-order valence-electron chi connectivity index (χ4n) is 2.15. The zero-order chi connectivity index (χ0) is 13.2. The molecule has 0 atom stereocenters. The van der Waals surface area contributed by atoms with Crippen LogP contribution in [0.2, 0.25) is 0 Å². The lowest BCUT2D eigenvalue weighted by Crippen LogP contribution is -1.94. The van der Waals surface area contributed by atoms with E-state index >= 15 is 0 Å². The normalized spacial score (nSPS) is 10.6. The van der Waals surface area contributed by atoms with Crippen LogP contribution >= 0.6 is 0 Å². The van der Waals surface area contributed by atoms with Crippen LogP contribution in [0.3, 0.4) is 0 Å². The number of aryl methyl sites for hydroxylation is 1. The van der Waals surface area contributed by atoms with Crippen LogP contribution in [0, 0.1) is 6.92 Å². The van der Waals surface area contributed by atoms with Gasteiger partial charge < -0.3 is 5.73 Å². The van der Waals surface area contributed by atoms with Crippen molar-refractivity contribution >= 4 is 5.69 Å². The predicted molar refractivity (Wildman–Crippen MR) is 78.1 cm³/mol. The van der Waals surface area contributed by atoms with E-state index in [0.29, 0.717) is 5.69 Å². The van der Waals surface area contributed by atoms with Crippen LogP contribution in [0.5, 0.6) is 0 Å². The Morgan fingerprint density at radius 1 is 0.947 bits per heavy atom. The summed E-state index contributed by atoms with van der Waals surface area (Å²) < 4.78 is 1.82. The molecule has 1 heterocycles. The lowest BCUT2D eigenvalue weighted by atomic mass is 10.1. The molecule has 0 saturated carbocycles. The first-order valence-corrected chi connectivity index (χ1v) is 6.22. The third-order valence-corrected chi connectivity index (χ3v) is 3.16. The van der Waals surface area contributed by atoms with Gasteiger partial charge in [-0.05, 0) is 24.6 Å². The highest BCUT2D eigenvalue weighted by atomic mass is 15.3. The van der Waals surface area contributed by atoms with E-state index in [1.807, 2.05) is 59.4 Å². The third-order valence-electron chi connectivity index (χ3n) is 3.16. The number of hydrogen-bond acceptors (Lipinski definition) is 2. The first-order chi connectivity index (χ1) is 9.25. The first kappa shape index (κ1) is 11.5. The standard InChI is InChI=1S/C16H15N3/c1-12-7-5-6-10-14(12)16-15(17)11-19(18-16)13-8-3-2-4-9-13/h2-11H,17H2,1H3. The van der Waals surface area contributed by atoms with E-state index < -0.39 is 0 Å². The maximum atomic E-state index is 6.10. The third kappa shape index (κ3) is 2.10. The molecule has 0 aliphatic carbocycles. The minimum Gasteiger partial charge on any atom is -0.396 e. The van der Waals surface area contributed by atoms with Gasteiger partial charge in [0.25, 0.3) is 0 Å². The maximum absolute atomic E-state index is 6.10. The van der Waals surface area contributed by atoms with E-state index in [0.717, 1.165) is 16.9 Å². The summed E-state index contributed by atoms with van der Waals surface area (Å²) in [6, 6.07) is 18.1. The minimum absolute atomic E-state index is 0.693. The number of anilines is 1. The van der Waals surface area contributed by atoms with Gasteiger partial charge in [-0.2, -0.15) is 5.10 Å². The van der Waals surface area contributed by atoms with E-state index in [2.05, 4.69) is 18.1 Å². The Morgan fingerprint density at radius 3 is 2.37 bits per heavy atom. The highest BCUT2D eigenvalue weighted by molar-refractivity contribution is 5.74. The molecular weight excluding hydrogens is 234 g/mol. The topological polar surface area (TPSA) is 43.8 Å². The summed E-state index contributed by atoms with van der Waals surface area (Å²) in [7, 11) is 0. The van der Waals surface area contributed by atoms with Gasteiger partial charge in [-0.3, -0.25) is 0 Å². The molecule has 3 aromatic rings. The van der Waals surface area contributed by atoms with Gasteiger partial charge in [0.1, 0.15) is 5.69 Å². The minimum atomic E-state index is 0.693. The van der Waals surface area contributed by atoms with Gasteiger partial charge in [0.05, 0.1) is 17.6 Å². The number of rotatable bonds is 2. The van der Waals surface area contributed by atoms with Crippen molar-refractivity contribution in [1.29, 1.82) is 0 Å². The fraction of sp³-hybridized carbons (Fsp3) is 0.0625. The summed E-state index contributed by atoms with van der Waals surface area (Å²) in [6.45, 7) is 2.07. The van der Waals surface area contributed by atoms with Crippen LogP contribution < -0.4 is 5.73 Å². The molecule has 0 bridgehead atoms. The Morgan fingerprint density at radius 2 is 1.63 bits per heavy atom. The van der Waals surface area contributed by atoms with Crippen LogP contribution in [0.25, 0.3) is 16.9 Å². The summed E-state index contributed by atoms with van der Waals surface area (Å²) in [5, 5.41) is 4.60. The molecule has 94 valence electrons. The van der Waals surface area contributed by atoms with E-state index in [9.17, 15) is 0 Å². The second kappa shape index (κ2) is 4.61. The van der Waals surface area contributed by atoms with Gasteiger partial charge in [0.15, 0.2) is 0 Å². The summed E-state index contributed by atoms with van der Waals surface area (Å²) in [6.07, 6.45) is 1.86. The number of aromatic nitrogens is 2. The highest BCUT2D eigenvalue weighted by Crippen LogP contribution is 2.27. The predicted octanol–water partition coefficient (Wildman–Crippen LogP) is 3.43. The van der Waals surface area contributed by atoms with Crippen LogP contribution in [-0.2, 0) is 0 Å². The average Bonchev–Trinajstić information content (AvgIpc) is 2.82. The van der Waals surface area contributed by atoms with Crippen molar-refractivity contribution in [3.05, 3.63) is 66.4 Å². The van der Waals surface area contributed by atoms with E-state index in [1.165, 1.54) is 5.56 Å². The highest BCUT2D eigenvalue weighted by Gasteiger charge is 2.11. The molecule has 0 radical (unpaired) electrons. The first-order valence-electron chi connectivity index (χ1n) is 6.22. The molecule has 0 aliphatic rings. The van der Waals surface area contributed by atoms with Crippen molar-refractivity contribution in [3.8, 4) is 16.9 Å². The second-order valence-corrected chi connectivity index (χ2v) is 4.53. The van der Waals surface area contributed by atoms with Crippen LogP contribution in [0.15, 0.2) is 60.8 Å². The number of nitrogens with two attached hydrogens (primary N) is 1. The molecule has 3 nitrogen and oxygen atoms in total.